The van der Waals surface area contributed by atoms with Gasteiger partial charge in [-0.05, 0) is 29.8 Å². The molecule has 0 saturated carbocycles. The molecular weight excluding hydrogens is 263 g/mol. The quantitative estimate of drug-likeness (QED) is 0.671. The van der Waals surface area contributed by atoms with Crippen molar-refractivity contribution >= 4 is 11.4 Å². The van der Waals surface area contributed by atoms with E-state index in [2.05, 4.69) is 5.32 Å². The van der Waals surface area contributed by atoms with Crippen molar-refractivity contribution in [3.8, 4) is 5.75 Å². The van der Waals surface area contributed by atoms with Crippen LogP contribution in [0.4, 0.5) is 15.8 Å². The molecule has 1 N–H and O–H groups in total. The van der Waals surface area contributed by atoms with Gasteiger partial charge in [-0.15, -0.1) is 0 Å². The lowest BCUT2D eigenvalue weighted by Gasteiger charge is -2.08. The van der Waals surface area contributed by atoms with E-state index >= 15 is 0 Å². The van der Waals surface area contributed by atoms with Crippen LogP contribution in [0.5, 0.6) is 5.75 Å². The molecule has 0 fully saturated rings. The second-order valence-corrected chi connectivity index (χ2v) is 4.12. The zero-order chi connectivity index (χ0) is 14.5. The molecule has 0 aromatic heterocycles. The third-order valence-corrected chi connectivity index (χ3v) is 2.79. The molecule has 0 amide bonds. The van der Waals surface area contributed by atoms with Crippen molar-refractivity contribution in [3.05, 3.63) is 64.0 Å². The molecule has 2 aromatic rings. The van der Waals surface area contributed by atoms with Gasteiger partial charge in [-0.1, -0.05) is 12.1 Å². The van der Waals surface area contributed by atoms with Crippen molar-refractivity contribution in [2.45, 2.75) is 6.54 Å². The Hall–Kier alpha value is -2.63. The normalized spacial score (nSPS) is 10.1. The van der Waals surface area contributed by atoms with E-state index in [4.69, 9.17) is 4.74 Å². The van der Waals surface area contributed by atoms with Gasteiger partial charge in [-0.2, -0.15) is 0 Å². The monoisotopic (exact) mass is 276 g/mol. The molecule has 0 spiro atoms. The van der Waals surface area contributed by atoms with Crippen LogP contribution in [0.25, 0.3) is 0 Å². The Morgan fingerprint density at radius 1 is 1.25 bits per heavy atom. The van der Waals surface area contributed by atoms with Crippen LogP contribution in [-0.4, -0.2) is 12.0 Å². The fourth-order valence-corrected chi connectivity index (χ4v) is 1.75. The second-order valence-electron chi connectivity index (χ2n) is 4.12. The standard InChI is InChI=1S/C14H13FN2O3/c1-20-14-7-6-12(8-13(14)17(18)19)16-9-10-2-4-11(15)5-3-10/h2-8,16H,9H2,1H3. The van der Waals surface area contributed by atoms with E-state index in [0.29, 0.717) is 12.2 Å². The van der Waals surface area contributed by atoms with Crippen molar-refractivity contribution in [3.63, 3.8) is 0 Å². The maximum absolute atomic E-state index is 12.8. The highest BCUT2D eigenvalue weighted by atomic mass is 19.1. The summed E-state index contributed by atoms with van der Waals surface area (Å²) in [4.78, 5) is 10.4. The summed E-state index contributed by atoms with van der Waals surface area (Å²) in [5.41, 5.74) is 1.38. The van der Waals surface area contributed by atoms with Crippen LogP contribution in [0.15, 0.2) is 42.5 Å². The van der Waals surface area contributed by atoms with Gasteiger partial charge in [0.05, 0.1) is 12.0 Å². The van der Waals surface area contributed by atoms with Crippen molar-refractivity contribution < 1.29 is 14.1 Å². The molecule has 6 heteroatoms. The van der Waals surface area contributed by atoms with Crippen molar-refractivity contribution in [1.29, 1.82) is 0 Å². The van der Waals surface area contributed by atoms with Crippen LogP contribution in [0.2, 0.25) is 0 Å². The fourth-order valence-electron chi connectivity index (χ4n) is 1.75. The summed E-state index contributed by atoms with van der Waals surface area (Å²) in [7, 11) is 1.38. The van der Waals surface area contributed by atoms with E-state index in [1.165, 1.54) is 31.4 Å². The Bertz CT molecular complexity index is 614. The number of methoxy groups -OCH3 is 1. The van der Waals surface area contributed by atoms with Crippen LogP contribution in [0.1, 0.15) is 5.56 Å². The van der Waals surface area contributed by atoms with E-state index in [9.17, 15) is 14.5 Å². The Morgan fingerprint density at radius 2 is 1.95 bits per heavy atom. The van der Waals surface area contributed by atoms with Crippen LogP contribution < -0.4 is 10.1 Å². The maximum Gasteiger partial charge on any atom is 0.312 e. The third-order valence-electron chi connectivity index (χ3n) is 2.79. The van der Waals surface area contributed by atoms with E-state index in [1.807, 2.05) is 0 Å². The Labute approximate surface area is 115 Å². The van der Waals surface area contributed by atoms with E-state index in [1.54, 1.807) is 18.2 Å². The van der Waals surface area contributed by atoms with Crippen molar-refractivity contribution in [2.24, 2.45) is 0 Å². The van der Waals surface area contributed by atoms with Crippen molar-refractivity contribution in [2.75, 3.05) is 12.4 Å². The number of nitro benzene ring substituents is 1. The third kappa shape index (κ3) is 3.23. The van der Waals surface area contributed by atoms with Gasteiger partial charge in [0.2, 0.25) is 0 Å². The van der Waals surface area contributed by atoms with Crippen LogP contribution in [0.3, 0.4) is 0 Å². The molecule has 0 saturated heterocycles. The summed E-state index contributed by atoms with van der Waals surface area (Å²) in [6.45, 7) is 0.448. The molecule has 0 heterocycles. The number of nitrogens with one attached hydrogen (secondary N) is 1. The highest BCUT2D eigenvalue weighted by Gasteiger charge is 2.14. The van der Waals surface area contributed by atoms with Crippen molar-refractivity contribution in [1.82, 2.24) is 0 Å². The SMILES string of the molecule is COc1ccc(NCc2ccc(F)cc2)cc1[N+](=O)[O-]. The first-order valence-corrected chi connectivity index (χ1v) is 5.91. The Morgan fingerprint density at radius 3 is 2.55 bits per heavy atom. The second kappa shape index (κ2) is 6.01. The number of ether oxygens (including phenoxy) is 1. The predicted molar refractivity (Wildman–Crippen MR) is 73.4 cm³/mol. The molecule has 0 radical (unpaired) electrons. The molecule has 0 atom stereocenters. The van der Waals surface area contributed by atoms with Gasteiger partial charge in [-0.3, -0.25) is 10.1 Å². The number of nitrogens with zero attached hydrogens (tertiary/aromatic N) is 1. The highest BCUT2D eigenvalue weighted by Crippen LogP contribution is 2.29. The number of hydrogen-bond donors (Lipinski definition) is 1. The van der Waals surface area contributed by atoms with Gasteiger partial charge in [0.15, 0.2) is 5.75 Å². The molecule has 0 aliphatic rings. The molecule has 0 unspecified atom stereocenters. The molecule has 20 heavy (non-hydrogen) atoms. The lowest BCUT2D eigenvalue weighted by Crippen LogP contribution is -2.01. The van der Waals surface area contributed by atoms with Gasteiger partial charge in [0, 0.05) is 18.3 Å². The van der Waals surface area contributed by atoms with E-state index in [-0.39, 0.29) is 17.3 Å². The first kappa shape index (κ1) is 13.8. The van der Waals surface area contributed by atoms with Crippen LogP contribution in [-0.2, 0) is 6.54 Å². The number of rotatable bonds is 5. The lowest BCUT2D eigenvalue weighted by molar-refractivity contribution is -0.385. The molecule has 2 rings (SSSR count). The van der Waals surface area contributed by atoms with E-state index in [0.717, 1.165) is 5.56 Å². The first-order chi connectivity index (χ1) is 9.60. The summed E-state index contributed by atoms with van der Waals surface area (Å²) in [5, 5.41) is 13.9. The molecule has 0 bridgehead atoms. The lowest BCUT2D eigenvalue weighted by atomic mass is 10.2. The molecule has 5 nitrogen and oxygen atoms in total. The zero-order valence-electron chi connectivity index (χ0n) is 10.8. The summed E-state index contributed by atoms with van der Waals surface area (Å²) < 4.78 is 17.7. The molecule has 104 valence electrons. The Balaban J connectivity index is 2.11. The summed E-state index contributed by atoms with van der Waals surface area (Å²) in [6, 6.07) is 10.7. The van der Waals surface area contributed by atoms with Gasteiger partial charge < -0.3 is 10.1 Å². The maximum atomic E-state index is 12.8. The Kier molecular flexibility index (Phi) is 4.14. The molecular formula is C14H13FN2O3. The van der Waals surface area contributed by atoms with Crippen LogP contribution >= 0.6 is 0 Å². The van der Waals surface area contributed by atoms with Gasteiger partial charge in [0.1, 0.15) is 5.82 Å². The zero-order valence-corrected chi connectivity index (χ0v) is 10.8. The average Bonchev–Trinajstić information content (AvgIpc) is 2.46. The van der Waals surface area contributed by atoms with Gasteiger partial charge >= 0.3 is 5.69 Å². The average molecular weight is 276 g/mol. The van der Waals surface area contributed by atoms with Gasteiger partial charge in [0.25, 0.3) is 0 Å². The number of hydrogen-bond acceptors (Lipinski definition) is 4. The number of benzene rings is 2. The topological polar surface area (TPSA) is 64.4 Å². The highest BCUT2D eigenvalue weighted by molar-refractivity contribution is 5.58. The summed E-state index contributed by atoms with van der Waals surface area (Å²) in [6.07, 6.45) is 0. The molecule has 0 aliphatic heterocycles. The minimum absolute atomic E-state index is 0.100. The van der Waals surface area contributed by atoms with Gasteiger partial charge in [-0.25, -0.2) is 4.39 Å². The fraction of sp³-hybridized carbons (Fsp3) is 0.143. The van der Waals surface area contributed by atoms with Crippen LogP contribution in [0, 0.1) is 15.9 Å². The first-order valence-electron chi connectivity index (χ1n) is 5.91. The minimum atomic E-state index is -0.498. The minimum Gasteiger partial charge on any atom is -0.490 e. The molecule has 2 aromatic carbocycles. The summed E-state index contributed by atoms with van der Waals surface area (Å²) >= 11 is 0. The number of anilines is 1. The molecule has 0 aliphatic carbocycles. The number of nitro groups is 1. The number of halogens is 1. The largest absolute Gasteiger partial charge is 0.490 e. The predicted octanol–water partition coefficient (Wildman–Crippen LogP) is 3.35. The smallest absolute Gasteiger partial charge is 0.312 e. The summed E-state index contributed by atoms with van der Waals surface area (Å²) in [5.74, 6) is -0.0869. The van der Waals surface area contributed by atoms with E-state index < -0.39 is 4.92 Å².